The summed E-state index contributed by atoms with van der Waals surface area (Å²) < 4.78 is 43.1. The zero-order valence-electron chi connectivity index (χ0n) is 15.1. The van der Waals surface area contributed by atoms with Crippen molar-refractivity contribution >= 4 is 17.6 Å². The number of anilines is 1. The molecule has 7 heteroatoms. The summed E-state index contributed by atoms with van der Waals surface area (Å²) in [7, 11) is 0. The highest BCUT2D eigenvalue weighted by Crippen LogP contribution is 2.30. The molecule has 0 spiro atoms. The Bertz CT molecular complexity index is 1020. The molecular weight excluding hydrogens is 383 g/mol. The first kappa shape index (κ1) is 20.1. The fraction of sp³-hybridized carbons (Fsp3) is 0.0909. The molecule has 0 atom stereocenters. The monoisotopic (exact) mass is 399 g/mol. The van der Waals surface area contributed by atoms with E-state index in [1.165, 1.54) is 6.07 Å². The number of hydrogen-bond donors (Lipinski definition) is 1. The molecule has 1 amide bonds. The molecule has 29 heavy (non-hydrogen) atoms. The summed E-state index contributed by atoms with van der Waals surface area (Å²) in [5, 5.41) is 2.66. The van der Waals surface area contributed by atoms with Crippen molar-refractivity contribution in [2.45, 2.75) is 6.18 Å². The molecule has 4 nitrogen and oxygen atoms in total. The molecule has 0 aromatic heterocycles. The van der Waals surface area contributed by atoms with Crippen LogP contribution in [0.15, 0.2) is 78.9 Å². The first-order valence-electron chi connectivity index (χ1n) is 8.63. The van der Waals surface area contributed by atoms with Crippen LogP contribution in [0.1, 0.15) is 15.9 Å². The number of benzene rings is 3. The van der Waals surface area contributed by atoms with Crippen molar-refractivity contribution in [3.8, 4) is 11.1 Å². The molecule has 0 radical (unpaired) electrons. The Balaban J connectivity index is 1.65. The van der Waals surface area contributed by atoms with Gasteiger partial charge in [-0.3, -0.25) is 4.79 Å². The lowest BCUT2D eigenvalue weighted by atomic mass is 10.0. The Morgan fingerprint density at radius 3 is 2.28 bits per heavy atom. The zero-order chi connectivity index (χ0) is 20.9. The molecule has 3 rings (SSSR count). The molecule has 0 fully saturated rings. The van der Waals surface area contributed by atoms with Gasteiger partial charge in [0.25, 0.3) is 5.91 Å². The summed E-state index contributed by atoms with van der Waals surface area (Å²) in [4.78, 5) is 24.2. The van der Waals surface area contributed by atoms with Crippen LogP contribution < -0.4 is 5.32 Å². The number of carbonyl (C=O) groups excluding carboxylic acids is 2. The van der Waals surface area contributed by atoms with E-state index in [4.69, 9.17) is 4.74 Å². The minimum atomic E-state index is -4.57. The Hall–Kier alpha value is -3.61. The molecule has 148 valence electrons. The van der Waals surface area contributed by atoms with Gasteiger partial charge in [0, 0.05) is 11.3 Å². The van der Waals surface area contributed by atoms with Crippen LogP contribution in [-0.2, 0) is 15.7 Å². The number of para-hydroxylation sites is 1. The second kappa shape index (κ2) is 8.60. The first-order chi connectivity index (χ1) is 13.8. The first-order valence-corrected chi connectivity index (χ1v) is 8.63. The average molecular weight is 399 g/mol. The number of hydrogen-bond acceptors (Lipinski definition) is 3. The van der Waals surface area contributed by atoms with Gasteiger partial charge in [-0.15, -0.1) is 0 Å². The smallest absolute Gasteiger partial charge is 0.416 e. The quantitative estimate of drug-likeness (QED) is 0.603. The van der Waals surface area contributed by atoms with Crippen molar-refractivity contribution in [1.82, 2.24) is 0 Å². The minimum Gasteiger partial charge on any atom is -0.452 e. The van der Waals surface area contributed by atoms with Gasteiger partial charge in [0.2, 0.25) is 0 Å². The van der Waals surface area contributed by atoms with Gasteiger partial charge in [-0.25, -0.2) is 4.79 Å². The summed E-state index contributed by atoms with van der Waals surface area (Å²) in [6.07, 6.45) is -4.57. The maximum absolute atomic E-state index is 12.7. The molecule has 0 aliphatic rings. The number of halogens is 3. The molecule has 3 aromatic carbocycles. The van der Waals surface area contributed by atoms with Crippen LogP contribution in [0.25, 0.3) is 11.1 Å². The topological polar surface area (TPSA) is 55.4 Å². The SMILES string of the molecule is O=C(COC(=O)c1cccc(C(F)(F)F)c1)Nc1ccccc1-c1ccccc1. The van der Waals surface area contributed by atoms with E-state index in [-0.39, 0.29) is 5.56 Å². The third kappa shape index (κ3) is 5.22. The number of ether oxygens (including phenoxy) is 1. The van der Waals surface area contributed by atoms with Crippen molar-refractivity contribution in [2.75, 3.05) is 11.9 Å². The third-order valence-corrected chi connectivity index (χ3v) is 4.05. The van der Waals surface area contributed by atoms with Gasteiger partial charge in [-0.2, -0.15) is 13.2 Å². The Morgan fingerprint density at radius 1 is 0.862 bits per heavy atom. The summed E-state index contributed by atoms with van der Waals surface area (Å²) in [6.45, 7) is -0.627. The highest BCUT2D eigenvalue weighted by Gasteiger charge is 2.31. The minimum absolute atomic E-state index is 0.280. The largest absolute Gasteiger partial charge is 0.452 e. The fourth-order valence-corrected chi connectivity index (χ4v) is 2.68. The van der Waals surface area contributed by atoms with E-state index < -0.39 is 30.2 Å². The fourth-order valence-electron chi connectivity index (χ4n) is 2.68. The molecule has 0 aliphatic carbocycles. The van der Waals surface area contributed by atoms with E-state index >= 15 is 0 Å². The van der Waals surface area contributed by atoms with Crippen LogP contribution in [0, 0.1) is 0 Å². The normalized spacial score (nSPS) is 11.0. The van der Waals surface area contributed by atoms with E-state index in [1.54, 1.807) is 12.1 Å². The summed E-state index contributed by atoms with van der Waals surface area (Å²) >= 11 is 0. The summed E-state index contributed by atoms with van der Waals surface area (Å²) in [5.41, 5.74) is 0.958. The molecule has 0 aliphatic heterocycles. The second-order valence-corrected chi connectivity index (χ2v) is 6.11. The van der Waals surface area contributed by atoms with Crippen LogP contribution in [-0.4, -0.2) is 18.5 Å². The molecule has 0 heterocycles. The lowest BCUT2D eigenvalue weighted by molar-refractivity contribution is -0.137. The van der Waals surface area contributed by atoms with Gasteiger partial charge in [-0.1, -0.05) is 54.6 Å². The van der Waals surface area contributed by atoms with Crippen LogP contribution in [0.2, 0.25) is 0 Å². The molecule has 0 unspecified atom stereocenters. The lowest BCUT2D eigenvalue weighted by Gasteiger charge is -2.12. The second-order valence-electron chi connectivity index (χ2n) is 6.11. The number of amides is 1. The Labute approximate surface area is 164 Å². The predicted octanol–water partition coefficient (Wildman–Crippen LogP) is 5.17. The Kier molecular flexibility index (Phi) is 5.97. The Morgan fingerprint density at radius 2 is 1.55 bits per heavy atom. The van der Waals surface area contributed by atoms with E-state index in [0.717, 1.165) is 23.3 Å². The summed E-state index contributed by atoms with van der Waals surface area (Å²) in [6, 6.07) is 20.3. The molecule has 1 N–H and O–H groups in total. The number of carbonyl (C=O) groups is 2. The van der Waals surface area contributed by atoms with Crippen molar-refractivity contribution in [1.29, 1.82) is 0 Å². The maximum atomic E-state index is 12.7. The van der Waals surface area contributed by atoms with Gasteiger partial charge >= 0.3 is 12.1 Å². The third-order valence-electron chi connectivity index (χ3n) is 4.05. The molecular formula is C22H16F3NO3. The van der Waals surface area contributed by atoms with Crippen molar-refractivity contribution in [3.05, 3.63) is 90.0 Å². The van der Waals surface area contributed by atoms with Gasteiger partial charge in [0.05, 0.1) is 11.1 Å². The zero-order valence-corrected chi connectivity index (χ0v) is 15.1. The number of rotatable bonds is 5. The van der Waals surface area contributed by atoms with Gasteiger partial charge in [-0.05, 0) is 29.8 Å². The van der Waals surface area contributed by atoms with E-state index in [1.807, 2.05) is 42.5 Å². The lowest BCUT2D eigenvalue weighted by Crippen LogP contribution is -2.21. The van der Waals surface area contributed by atoms with Crippen molar-refractivity contribution in [3.63, 3.8) is 0 Å². The van der Waals surface area contributed by atoms with Crippen molar-refractivity contribution < 1.29 is 27.5 Å². The molecule has 3 aromatic rings. The van der Waals surface area contributed by atoms with Crippen LogP contribution >= 0.6 is 0 Å². The highest BCUT2D eigenvalue weighted by molar-refractivity contribution is 5.98. The van der Waals surface area contributed by atoms with Crippen LogP contribution in [0.3, 0.4) is 0 Å². The molecule has 0 saturated heterocycles. The average Bonchev–Trinajstić information content (AvgIpc) is 2.72. The summed E-state index contributed by atoms with van der Waals surface area (Å²) in [5.74, 6) is -1.61. The van der Waals surface area contributed by atoms with E-state index in [2.05, 4.69) is 5.32 Å². The van der Waals surface area contributed by atoms with Gasteiger partial charge < -0.3 is 10.1 Å². The van der Waals surface area contributed by atoms with E-state index in [0.29, 0.717) is 11.8 Å². The number of esters is 1. The predicted molar refractivity (Wildman–Crippen MR) is 102 cm³/mol. The van der Waals surface area contributed by atoms with Crippen LogP contribution in [0.5, 0.6) is 0 Å². The molecule has 0 saturated carbocycles. The highest BCUT2D eigenvalue weighted by atomic mass is 19.4. The maximum Gasteiger partial charge on any atom is 0.416 e. The van der Waals surface area contributed by atoms with Gasteiger partial charge in [0.15, 0.2) is 6.61 Å². The standard InChI is InChI=1S/C22H16F3NO3/c23-22(24,25)17-10-6-9-16(13-17)21(28)29-14-20(27)26-19-12-5-4-11-18(19)15-7-2-1-3-8-15/h1-13H,14H2,(H,26,27). The van der Waals surface area contributed by atoms with E-state index in [9.17, 15) is 22.8 Å². The van der Waals surface area contributed by atoms with Crippen LogP contribution in [0.4, 0.5) is 18.9 Å². The number of alkyl halides is 3. The molecule has 0 bridgehead atoms. The van der Waals surface area contributed by atoms with Crippen molar-refractivity contribution in [2.24, 2.45) is 0 Å². The van der Waals surface area contributed by atoms with Gasteiger partial charge in [0.1, 0.15) is 0 Å². The number of nitrogens with one attached hydrogen (secondary N) is 1.